The van der Waals surface area contributed by atoms with E-state index < -0.39 is 5.97 Å². The Bertz CT molecular complexity index is 550. The van der Waals surface area contributed by atoms with Crippen LogP contribution in [0.25, 0.3) is 10.9 Å². The minimum atomic E-state index is -0.915. The Balaban J connectivity index is 2.95. The van der Waals surface area contributed by atoms with Gasteiger partial charge < -0.3 is 5.11 Å². The molecular weight excluding hydrogens is 192 g/mol. The lowest BCUT2D eigenvalue weighted by Crippen LogP contribution is -2.38. The zero-order valence-corrected chi connectivity index (χ0v) is 8.56. The van der Waals surface area contributed by atoms with E-state index in [9.17, 15) is 4.79 Å². The number of carboxylic acids is 1. The Morgan fingerprint density at radius 3 is 2.73 bits per heavy atom. The van der Waals surface area contributed by atoms with Gasteiger partial charge in [0.05, 0.1) is 0 Å². The summed E-state index contributed by atoms with van der Waals surface area (Å²) >= 11 is 0. The van der Waals surface area contributed by atoms with Crippen molar-refractivity contribution >= 4 is 16.9 Å². The summed E-state index contributed by atoms with van der Waals surface area (Å²) in [5.74, 6) is -0.915. The summed E-state index contributed by atoms with van der Waals surface area (Å²) in [5.41, 5.74) is 1.67. The highest BCUT2D eigenvalue weighted by Gasteiger charge is 2.20. The first kappa shape index (κ1) is 9.58. The zero-order chi connectivity index (χ0) is 11.0. The molecule has 0 radical (unpaired) electrons. The highest BCUT2D eigenvalue weighted by molar-refractivity contribution is 6.02. The Kier molecular flexibility index (Phi) is 2.11. The molecule has 0 aliphatic carbocycles. The molecule has 2 aromatic rings. The third kappa shape index (κ3) is 1.44. The van der Waals surface area contributed by atoms with Crippen LogP contribution in [0.2, 0.25) is 0 Å². The smallest absolute Gasteiger partial charge is 0.342 e. The molecule has 0 spiro atoms. The van der Waals surface area contributed by atoms with Gasteiger partial charge >= 0.3 is 5.97 Å². The number of carboxylic acid groups (broad SMARTS) is 1. The largest absolute Gasteiger partial charge is 0.477 e. The van der Waals surface area contributed by atoms with Gasteiger partial charge in [0.25, 0.3) is 0 Å². The van der Waals surface area contributed by atoms with Crippen molar-refractivity contribution in [3.8, 4) is 0 Å². The molecule has 0 saturated carbocycles. The Morgan fingerprint density at radius 2 is 2.07 bits per heavy atom. The van der Waals surface area contributed by atoms with Crippen LogP contribution in [0.5, 0.6) is 0 Å². The number of fused-ring (bicyclic) bond motifs is 1. The van der Waals surface area contributed by atoms with Crippen LogP contribution >= 0.6 is 0 Å². The Labute approximate surface area is 86.8 Å². The number of hydrogen-bond acceptors (Lipinski definition) is 2. The van der Waals surface area contributed by atoms with Crippen LogP contribution in [0.3, 0.4) is 0 Å². The van der Waals surface area contributed by atoms with Crippen molar-refractivity contribution in [2.24, 2.45) is 7.05 Å². The third-order valence-corrected chi connectivity index (χ3v) is 2.49. The summed E-state index contributed by atoms with van der Waals surface area (Å²) in [4.78, 5) is 11.1. The van der Waals surface area contributed by atoms with Gasteiger partial charge in [-0.15, -0.1) is 0 Å². The van der Waals surface area contributed by atoms with E-state index in [1.807, 2.05) is 12.1 Å². The summed E-state index contributed by atoms with van der Waals surface area (Å²) in [6.45, 7) is 1.75. The molecule has 0 unspecified atom stereocenters. The van der Waals surface area contributed by atoms with Gasteiger partial charge in [0.1, 0.15) is 11.1 Å². The lowest BCUT2D eigenvalue weighted by molar-refractivity contribution is -0.734. The van der Waals surface area contributed by atoms with Crippen molar-refractivity contribution in [3.63, 3.8) is 0 Å². The summed E-state index contributed by atoms with van der Waals surface area (Å²) in [6, 6.07) is 7.24. The Hall–Kier alpha value is -1.97. The van der Waals surface area contributed by atoms with Gasteiger partial charge in [0.15, 0.2) is 7.05 Å². The van der Waals surface area contributed by atoms with Crippen molar-refractivity contribution in [1.82, 2.24) is 5.10 Å². The minimum Gasteiger partial charge on any atom is -0.477 e. The summed E-state index contributed by atoms with van der Waals surface area (Å²) in [6.07, 6.45) is 0. The summed E-state index contributed by atoms with van der Waals surface area (Å²) in [7, 11) is 1.74. The molecule has 1 aromatic heterocycles. The highest BCUT2D eigenvalue weighted by Crippen LogP contribution is 2.16. The predicted molar refractivity (Wildman–Crippen MR) is 54.6 cm³/mol. The first-order valence-corrected chi connectivity index (χ1v) is 4.60. The highest BCUT2D eigenvalue weighted by atomic mass is 16.4. The summed E-state index contributed by atoms with van der Waals surface area (Å²) in [5, 5.41) is 14.1. The van der Waals surface area contributed by atoms with Crippen LogP contribution in [-0.2, 0) is 7.05 Å². The van der Waals surface area contributed by atoms with Crippen molar-refractivity contribution in [2.45, 2.75) is 6.92 Å². The molecule has 1 aromatic carbocycles. The van der Waals surface area contributed by atoms with Gasteiger partial charge in [0, 0.05) is 17.4 Å². The molecule has 2 rings (SSSR count). The molecular formula is C11H11N2O2+. The maximum Gasteiger partial charge on any atom is 0.342 e. The van der Waals surface area contributed by atoms with E-state index in [0.717, 1.165) is 0 Å². The molecule has 0 fully saturated rings. The number of carbonyl (C=O) groups is 1. The molecule has 0 bridgehead atoms. The zero-order valence-electron chi connectivity index (χ0n) is 8.56. The fourth-order valence-corrected chi connectivity index (χ4v) is 1.64. The first-order valence-electron chi connectivity index (χ1n) is 4.60. The molecule has 76 valence electrons. The van der Waals surface area contributed by atoms with Crippen molar-refractivity contribution in [1.29, 1.82) is 0 Å². The van der Waals surface area contributed by atoms with Gasteiger partial charge in [-0.05, 0) is 6.07 Å². The van der Waals surface area contributed by atoms with Crippen LogP contribution in [0, 0.1) is 6.92 Å². The lowest BCUT2D eigenvalue weighted by Gasteiger charge is -2.02. The molecule has 0 atom stereocenters. The molecule has 4 heteroatoms. The van der Waals surface area contributed by atoms with Crippen LogP contribution in [0.1, 0.15) is 16.1 Å². The molecule has 4 nitrogen and oxygen atoms in total. The molecule has 0 amide bonds. The molecule has 0 aliphatic rings. The van der Waals surface area contributed by atoms with Gasteiger partial charge in [-0.1, -0.05) is 22.9 Å². The van der Waals surface area contributed by atoms with E-state index in [4.69, 9.17) is 5.11 Å². The van der Waals surface area contributed by atoms with Crippen molar-refractivity contribution in [3.05, 3.63) is 35.5 Å². The normalized spacial score (nSPS) is 10.5. The second kappa shape index (κ2) is 3.31. The minimum absolute atomic E-state index is 0.322. The number of rotatable bonds is 1. The predicted octanol–water partition coefficient (Wildman–Crippen LogP) is 1.07. The van der Waals surface area contributed by atoms with Gasteiger partial charge in [-0.25, -0.2) is 4.79 Å². The lowest BCUT2D eigenvalue weighted by atomic mass is 10.1. The number of aromatic nitrogens is 2. The average molecular weight is 203 g/mol. The topological polar surface area (TPSA) is 54.1 Å². The quantitative estimate of drug-likeness (QED) is 0.705. The summed E-state index contributed by atoms with van der Waals surface area (Å²) < 4.78 is 1.59. The molecule has 0 saturated heterocycles. The van der Waals surface area contributed by atoms with Crippen LogP contribution in [0.15, 0.2) is 24.3 Å². The maximum absolute atomic E-state index is 11.1. The van der Waals surface area contributed by atoms with Gasteiger partial charge in [0.2, 0.25) is 5.69 Å². The van der Waals surface area contributed by atoms with E-state index in [-0.39, 0.29) is 0 Å². The van der Waals surface area contributed by atoms with E-state index in [1.165, 1.54) is 0 Å². The fraction of sp³-hybridized carbons (Fsp3) is 0.182. The van der Waals surface area contributed by atoms with E-state index in [2.05, 4.69) is 5.10 Å². The molecule has 1 N–H and O–H groups in total. The molecule has 1 heterocycles. The average Bonchev–Trinajstić information content (AvgIpc) is 2.19. The first-order chi connectivity index (χ1) is 7.11. The van der Waals surface area contributed by atoms with E-state index >= 15 is 0 Å². The van der Waals surface area contributed by atoms with Crippen molar-refractivity contribution < 1.29 is 14.6 Å². The van der Waals surface area contributed by atoms with Crippen LogP contribution < -0.4 is 4.68 Å². The van der Waals surface area contributed by atoms with Crippen LogP contribution in [0.4, 0.5) is 0 Å². The molecule has 15 heavy (non-hydrogen) atoms. The fourth-order valence-electron chi connectivity index (χ4n) is 1.64. The number of aromatic carboxylic acids is 1. The van der Waals surface area contributed by atoms with Gasteiger partial charge in [-0.2, -0.15) is 0 Å². The van der Waals surface area contributed by atoms with E-state index in [0.29, 0.717) is 22.2 Å². The Morgan fingerprint density at radius 1 is 1.40 bits per heavy atom. The molecule has 0 aliphatic heterocycles. The second-order valence-corrected chi connectivity index (χ2v) is 3.41. The van der Waals surface area contributed by atoms with Crippen molar-refractivity contribution in [2.75, 3.05) is 0 Å². The SMILES string of the molecule is Cc1c(C(=O)O)c2ccccc2n[n+]1C. The van der Waals surface area contributed by atoms with Gasteiger partial charge in [-0.3, -0.25) is 0 Å². The monoisotopic (exact) mass is 203 g/mol. The number of benzene rings is 1. The number of aryl methyl sites for hydroxylation is 1. The second-order valence-electron chi connectivity index (χ2n) is 3.41. The standard InChI is InChI=1S/C11H10N2O2/c1-7-10(11(14)15)8-5-3-4-6-9(8)12-13(7)2/h3-6H,1-2H3/p+1. The van der Waals surface area contributed by atoms with Crippen LogP contribution in [-0.4, -0.2) is 16.2 Å². The maximum atomic E-state index is 11.1. The van der Waals surface area contributed by atoms with E-state index in [1.54, 1.807) is 30.8 Å². The number of hydrogen-bond donors (Lipinski definition) is 1. The third-order valence-electron chi connectivity index (χ3n) is 2.49. The number of nitrogens with zero attached hydrogens (tertiary/aromatic N) is 2.